The van der Waals surface area contributed by atoms with E-state index in [9.17, 15) is 4.79 Å². The molecular weight excluding hydrogens is 372 g/mol. The lowest BCUT2D eigenvalue weighted by molar-refractivity contribution is -0.488. The van der Waals surface area contributed by atoms with Gasteiger partial charge in [0.05, 0.1) is 6.61 Å². The standard InChI is InChI=1S/C23H30O6/c1-15(21-13-26-23(29-28-21)12-17-8-9-19(23)10-17)18-6-5-7-20(11-18)27-22(3,4)14-25-16(2)24/h5-7,11,17,19,21H,1,8-10,12-14H2,2-4H3. The molecule has 1 heterocycles. The Labute approximate surface area is 172 Å². The minimum absolute atomic E-state index is 0.172. The van der Waals surface area contributed by atoms with Gasteiger partial charge in [-0.05, 0) is 62.3 Å². The Morgan fingerprint density at radius 2 is 2.17 bits per heavy atom. The zero-order valence-corrected chi connectivity index (χ0v) is 17.4. The van der Waals surface area contributed by atoms with Gasteiger partial charge >= 0.3 is 5.97 Å². The predicted octanol–water partition coefficient (Wildman–Crippen LogP) is 4.28. The van der Waals surface area contributed by atoms with E-state index in [0.29, 0.717) is 24.2 Å². The first-order valence-electron chi connectivity index (χ1n) is 10.4. The Balaban J connectivity index is 1.37. The first kappa shape index (κ1) is 20.4. The Hall–Kier alpha value is -1.89. The highest BCUT2D eigenvalue weighted by atomic mass is 17.2. The summed E-state index contributed by atoms with van der Waals surface area (Å²) < 4.78 is 17.3. The van der Waals surface area contributed by atoms with Gasteiger partial charge in [0.15, 0.2) is 0 Å². The maximum atomic E-state index is 11.1. The van der Waals surface area contributed by atoms with E-state index >= 15 is 0 Å². The number of carbonyl (C=O) groups excluding carboxylic acids is 1. The second-order valence-electron chi connectivity index (χ2n) is 9.07. The van der Waals surface area contributed by atoms with E-state index in [1.54, 1.807) is 0 Å². The van der Waals surface area contributed by atoms with E-state index in [4.69, 9.17) is 24.0 Å². The molecular formula is C23H30O6. The molecule has 29 heavy (non-hydrogen) atoms. The van der Waals surface area contributed by atoms with Gasteiger partial charge < -0.3 is 14.2 Å². The summed E-state index contributed by atoms with van der Waals surface area (Å²) in [4.78, 5) is 22.7. The molecule has 0 amide bonds. The smallest absolute Gasteiger partial charge is 0.302 e. The molecule has 1 aromatic rings. The fraction of sp³-hybridized carbons (Fsp3) is 0.609. The van der Waals surface area contributed by atoms with Gasteiger partial charge in [-0.25, -0.2) is 9.78 Å². The van der Waals surface area contributed by atoms with Crippen molar-refractivity contribution in [3.05, 3.63) is 36.4 Å². The molecule has 1 aromatic carbocycles. The quantitative estimate of drug-likeness (QED) is 0.523. The molecule has 1 saturated heterocycles. The van der Waals surface area contributed by atoms with Gasteiger partial charge in [-0.15, -0.1) is 0 Å². The normalized spacial score (nSPS) is 31.1. The number of ether oxygens (including phenoxy) is 3. The largest absolute Gasteiger partial charge is 0.484 e. The van der Waals surface area contributed by atoms with Crippen molar-refractivity contribution in [1.82, 2.24) is 0 Å². The van der Waals surface area contributed by atoms with E-state index in [0.717, 1.165) is 24.0 Å². The first-order chi connectivity index (χ1) is 13.8. The van der Waals surface area contributed by atoms with E-state index < -0.39 is 11.4 Å². The first-order valence-corrected chi connectivity index (χ1v) is 10.4. The van der Waals surface area contributed by atoms with Crippen molar-refractivity contribution < 1.29 is 28.8 Å². The van der Waals surface area contributed by atoms with Crippen LogP contribution in [0.5, 0.6) is 5.75 Å². The topological polar surface area (TPSA) is 63.2 Å². The molecule has 4 atom stereocenters. The van der Waals surface area contributed by atoms with Crippen molar-refractivity contribution in [3.8, 4) is 5.75 Å². The van der Waals surface area contributed by atoms with Crippen molar-refractivity contribution in [3.63, 3.8) is 0 Å². The fourth-order valence-corrected chi connectivity index (χ4v) is 4.64. The predicted molar refractivity (Wildman–Crippen MR) is 107 cm³/mol. The van der Waals surface area contributed by atoms with Crippen LogP contribution < -0.4 is 4.74 Å². The average molecular weight is 402 g/mol. The third-order valence-electron chi connectivity index (χ3n) is 6.13. The van der Waals surface area contributed by atoms with Crippen molar-refractivity contribution in [2.24, 2.45) is 11.8 Å². The minimum Gasteiger partial charge on any atom is -0.484 e. The highest BCUT2D eigenvalue weighted by Gasteiger charge is 2.56. The highest BCUT2D eigenvalue weighted by Crippen LogP contribution is 2.54. The summed E-state index contributed by atoms with van der Waals surface area (Å²) >= 11 is 0. The van der Waals surface area contributed by atoms with Gasteiger partial charge in [0.25, 0.3) is 0 Å². The van der Waals surface area contributed by atoms with E-state index in [1.807, 2.05) is 38.1 Å². The minimum atomic E-state index is -0.645. The highest BCUT2D eigenvalue weighted by molar-refractivity contribution is 5.68. The second kappa shape index (κ2) is 7.74. The fourth-order valence-electron chi connectivity index (χ4n) is 4.64. The number of fused-ring (bicyclic) bond motifs is 3. The van der Waals surface area contributed by atoms with Gasteiger partial charge in [0.1, 0.15) is 24.1 Å². The Kier molecular flexibility index (Phi) is 5.44. The molecule has 2 aliphatic carbocycles. The van der Waals surface area contributed by atoms with Crippen LogP contribution in [-0.2, 0) is 24.0 Å². The van der Waals surface area contributed by atoms with Crippen LogP contribution in [0.4, 0.5) is 0 Å². The van der Waals surface area contributed by atoms with Crippen molar-refractivity contribution in [2.75, 3.05) is 13.2 Å². The number of hydrogen-bond donors (Lipinski definition) is 0. The van der Waals surface area contributed by atoms with Gasteiger partial charge in [0, 0.05) is 19.3 Å². The summed E-state index contributed by atoms with van der Waals surface area (Å²) in [5, 5.41) is 0. The lowest BCUT2D eigenvalue weighted by Crippen LogP contribution is -2.48. The number of rotatable bonds is 6. The molecule has 0 radical (unpaired) electrons. The molecule has 4 rings (SSSR count). The number of hydrogen-bond acceptors (Lipinski definition) is 6. The maximum Gasteiger partial charge on any atom is 0.302 e. The van der Waals surface area contributed by atoms with Crippen molar-refractivity contribution in [1.29, 1.82) is 0 Å². The number of esters is 1. The van der Waals surface area contributed by atoms with Crippen molar-refractivity contribution >= 4 is 11.5 Å². The SMILES string of the molecule is C=C(c1cccc(OC(C)(C)COC(C)=O)c1)C1COC2(CC3CCC2C3)OO1. The molecule has 6 heteroatoms. The molecule has 1 aliphatic heterocycles. The van der Waals surface area contributed by atoms with E-state index in [-0.39, 0.29) is 18.7 Å². The molecule has 158 valence electrons. The third-order valence-corrected chi connectivity index (χ3v) is 6.13. The van der Waals surface area contributed by atoms with Gasteiger partial charge in [-0.3, -0.25) is 4.79 Å². The van der Waals surface area contributed by atoms with Crippen molar-refractivity contribution in [2.45, 2.75) is 63.9 Å². The molecule has 0 aromatic heterocycles. The molecule has 6 nitrogen and oxygen atoms in total. The molecule has 1 spiro atoms. The Morgan fingerprint density at radius 1 is 1.34 bits per heavy atom. The second-order valence-corrected chi connectivity index (χ2v) is 9.07. The Bertz CT molecular complexity index is 777. The maximum absolute atomic E-state index is 11.1. The molecule has 3 fully saturated rings. The third kappa shape index (κ3) is 4.34. The lowest BCUT2D eigenvalue weighted by atomic mass is 9.93. The number of carbonyl (C=O) groups is 1. The van der Waals surface area contributed by atoms with E-state index in [2.05, 4.69) is 6.58 Å². The van der Waals surface area contributed by atoms with E-state index in [1.165, 1.54) is 19.8 Å². The zero-order valence-electron chi connectivity index (χ0n) is 17.4. The summed E-state index contributed by atoms with van der Waals surface area (Å²) in [6.07, 6.45) is 4.18. The van der Waals surface area contributed by atoms with Crippen LogP contribution in [0.15, 0.2) is 30.8 Å². The summed E-state index contributed by atoms with van der Waals surface area (Å²) in [7, 11) is 0. The average Bonchev–Trinajstić information content (AvgIpc) is 3.28. The van der Waals surface area contributed by atoms with Gasteiger partial charge in [0.2, 0.25) is 5.79 Å². The lowest BCUT2D eigenvalue weighted by Gasteiger charge is -2.41. The van der Waals surface area contributed by atoms with Gasteiger partial charge in [-0.1, -0.05) is 18.7 Å². The molecule has 0 N–H and O–H groups in total. The molecule has 2 bridgehead atoms. The van der Waals surface area contributed by atoms with Crippen LogP contribution in [0.1, 0.15) is 52.0 Å². The monoisotopic (exact) mass is 402 g/mol. The van der Waals surface area contributed by atoms with Crippen LogP contribution in [0.25, 0.3) is 5.57 Å². The Morgan fingerprint density at radius 3 is 2.79 bits per heavy atom. The number of benzene rings is 1. The van der Waals surface area contributed by atoms with Crippen LogP contribution in [0.3, 0.4) is 0 Å². The zero-order chi connectivity index (χ0) is 20.6. The van der Waals surface area contributed by atoms with Crippen LogP contribution in [-0.4, -0.2) is 36.7 Å². The van der Waals surface area contributed by atoms with Crippen LogP contribution in [0.2, 0.25) is 0 Å². The summed E-state index contributed by atoms with van der Waals surface area (Å²) in [6, 6.07) is 7.63. The molecule has 3 aliphatic rings. The summed E-state index contributed by atoms with van der Waals surface area (Å²) in [5.41, 5.74) is 1.03. The van der Waals surface area contributed by atoms with Crippen LogP contribution >= 0.6 is 0 Å². The molecule has 4 unspecified atom stereocenters. The summed E-state index contributed by atoms with van der Waals surface area (Å²) in [6.45, 7) is 9.94. The van der Waals surface area contributed by atoms with Crippen LogP contribution in [0, 0.1) is 11.8 Å². The summed E-state index contributed by atoms with van der Waals surface area (Å²) in [5.74, 6) is 0.936. The van der Waals surface area contributed by atoms with Gasteiger partial charge in [-0.2, -0.15) is 0 Å². The molecule has 2 saturated carbocycles.